The van der Waals surface area contributed by atoms with Gasteiger partial charge in [0, 0.05) is 17.8 Å². The normalized spacial score (nSPS) is 35.4. The van der Waals surface area contributed by atoms with Gasteiger partial charge in [0.15, 0.2) is 0 Å². The van der Waals surface area contributed by atoms with E-state index < -0.39 is 0 Å². The van der Waals surface area contributed by atoms with Gasteiger partial charge in [0.1, 0.15) is 11.9 Å². The molecule has 3 fully saturated rings. The summed E-state index contributed by atoms with van der Waals surface area (Å²) in [6.45, 7) is 4.45. The van der Waals surface area contributed by atoms with Crippen molar-refractivity contribution in [2.75, 3.05) is 0 Å². The Morgan fingerprint density at radius 2 is 1.68 bits per heavy atom. The third-order valence-corrected chi connectivity index (χ3v) is 6.98. The second kappa shape index (κ2) is 6.59. The van der Waals surface area contributed by atoms with Crippen molar-refractivity contribution in [2.45, 2.75) is 64.4 Å². The van der Waals surface area contributed by atoms with Crippen molar-refractivity contribution < 1.29 is 14.3 Å². The number of carbonyl (C=O) groups excluding carboxylic acids is 2. The Balaban J connectivity index is 1.50. The minimum atomic E-state index is -0.0849. The predicted molar refractivity (Wildman–Crippen MR) is 96.6 cm³/mol. The Kier molecular flexibility index (Phi) is 4.43. The number of hydrogen-bond acceptors (Lipinski definition) is 3. The summed E-state index contributed by atoms with van der Waals surface area (Å²) in [5.74, 6) is 1.89. The summed E-state index contributed by atoms with van der Waals surface area (Å²) in [6, 6.07) is 8.50. The Hall–Kier alpha value is -1.64. The van der Waals surface area contributed by atoms with Crippen LogP contribution in [0.5, 0.6) is 5.75 Å². The van der Waals surface area contributed by atoms with E-state index in [0.29, 0.717) is 11.8 Å². The van der Waals surface area contributed by atoms with E-state index >= 15 is 0 Å². The first kappa shape index (κ1) is 16.8. The van der Waals surface area contributed by atoms with E-state index in [2.05, 4.69) is 38.1 Å². The predicted octanol–water partition coefficient (Wildman–Crippen LogP) is 4.54. The molecule has 25 heavy (non-hydrogen) atoms. The molecule has 6 unspecified atom stereocenters. The van der Waals surface area contributed by atoms with Crippen molar-refractivity contribution in [3.8, 4) is 5.75 Å². The fourth-order valence-electron chi connectivity index (χ4n) is 5.43. The summed E-state index contributed by atoms with van der Waals surface area (Å²) in [5.41, 5.74) is 1.35. The molecule has 0 spiro atoms. The molecule has 0 amide bonds. The summed E-state index contributed by atoms with van der Waals surface area (Å²) in [6.07, 6.45) is 6.04. The zero-order valence-electron chi connectivity index (χ0n) is 15.2. The zero-order valence-corrected chi connectivity index (χ0v) is 15.2. The molecule has 0 bridgehead atoms. The summed E-state index contributed by atoms with van der Waals surface area (Å²) in [7, 11) is 0. The Labute approximate surface area is 150 Å². The molecular weight excluding hydrogens is 312 g/mol. The monoisotopic (exact) mass is 340 g/mol. The molecule has 0 radical (unpaired) electrons. The summed E-state index contributed by atoms with van der Waals surface area (Å²) >= 11 is 0. The first-order valence-corrected chi connectivity index (χ1v) is 9.94. The molecule has 0 aromatic heterocycles. The van der Waals surface area contributed by atoms with Gasteiger partial charge in [-0.05, 0) is 61.6 Å². The maximum absolute atomic E-state index is 12.3. The van der Waals surface area contributed by atoms with Gasteiger partial charge in [-0.1, -0.05) is 32.4 Å². The number of ether oxygens (including phenoxy) is 1. The van der Waals surface area contributed by atoms with Gasteiger partial charge < -0.3 is 4.74 Å². The van der Waals surface area contributed by atoms with Crippen molar-refractivity contribution in [3.05, 3.63) is 29.8 Å². The Morgan fingerprint density at radius 3 is 2.36 bits per heavy atom. The van der Waals surface area contributed by atoms with Crippen LogP contribution in [0.15, 0.2) is 24.3 Å². The lowest BCUT2D eigenvalue weighted by atomic mass is 9.63. The largest absolute Gasteiger partial charge is 0.490 e. The highest BCUT2D eigenvalue weighted by Gasteiger charge is 2.57. The average molecular weight is 340 g/mol. The molecule has 0 N–H and O–H groups in total. The van der Waals surface area contributed by atoms with Crippen LogP contribution in [0.2, 0.25) is 0 Å². The standard InChI is InChI=1S/C22H28O3/c1-3-13(2)14-7-9-15(10-8-14)25-19-12-11-18-20-16(19)5-4-6-17(20)21(23)22(18)24/h7-10,13,16-20H,3-6,11-12H2,1-2H3. The lowest BCUT2D eigenvalue weighted by Gasteiger charge is -2.43. The number of ketones is 2. The molecule has 3 saturated carbocycles. The molecule has 6 atom stereocenters. The van der Waals surface area contributed by atoms with Crippen LogP contribution in [0.4, 0.5) is 0 Å². The molecule has 3 heteroatoms. The van der Waals surface area contributed by atoms with Gasteiger partial charge in [0.25, 0.3) is 0 Å². The summed E-state index contributed by atoms with van der Waals surface area (Å²) in [5, 5.41) is 0. The van der Waals surface area contributed by atoms with Crippen LogP contribution >= 0.6 is 0 Å². The molecule has 0 heterocycles. The van der Waals surface area contributed by atoms with Gasteiger partial charge in [0.05, 0.1) is 0 Å². The van der Waals surface area contributed by atoms with Crippen molar-refractivity contribution in [1.29, 1.82) is 0 Å². The first-order chi connectivity index (χ1) is 12.1. The minimum absolute atomic E-state index is 0.0181. The molecule has 0 aliphatic heterocycles. The van der Waals surface area contributed by atoms with Gasteiger partial charge in [-0.15, -0.1) is 0 Å². The third kappa shape index (κ3) is 2.82. The molecule has 1 aromatic rings. The van der Waals surface area contributed by atoms with E-state index in [-0.39, 0.29) is 35.4 Å². The number of carbonyl (C=O) groups is 2. The highest BCUT2D eigenvalue weighted by Crippen LogP contribution is 2.52. The Bertz CT molecular complexity index is 646. The smallest absolute Gasteiger partial charge is 0.202 e. The first-order valence-electron chi connectivity index (χ1n) is 9.94. The van der Waals surface area contributed by atoms with E-state index in [1.807, 2.05) is 0 Å². The molecule has 0 saturated heterocycles. The topological polar surface area (TPSA) is 43.4 Å². The molecule has 3 aliphatic rings. The average Bonchev–Trinajstić information content (AvgIpc) is 2.90. The van der Waals surface area contributed by atoms with Crippen LogP contribution < -0.4 is 4.74 Å². The van der Waals surface area contributed by atoms with E-state index in [1.54, 1.807) is 0 Å². The van der Waals surface area contributed by atoms with Crippen LogP contribution in [-0.4, -0.2) is 17.7 Å². The van der Waals surface area contributed by atoms with Crippen LogP contribution in [0.25, 0.3) is 0 Å². The lowest BCUT2D eigenvalue weighted by molar-refractivity contribution is -0.137. The van der Waals surface area contributed by atoms with Gasteiger partial charge >= 0.3 is 0 Å². The van der Waals surface area contributed by atoms with E-state index in [1.165, 1.54) is 5.56 Å². The van der Waals surface area contributed by atoms with E-state index in [4.69, 9.17) is 4.74 Å². The minimum Gasteiger partial charge on any atom is -0.490 e. The fourth-order valence-corrected chi connectivity index (χ4v) is 5.43. The van der Waals surface area contributed by atoms with Gasteiger partial charge in [-0.25, -0.2) is 0 Å². The highest BCUT2D eigenvalue weighted by molar-refractivity contribution is 6.41. The quantitative estimate of drug-likeness (QED) is 0.756. The van der Waals surface area contributed by atoms with Crippen LogP contribution in [-0.2, 0) is 9.59 Å². The highest BCUT2D eigenvalue weighted by atomic mass is 16.5. The molecule has 3 aliphatic carbocycles. The molecule has 4 rings (SSSR count). The molecule has 1 aromatic carbocycles. The number of rotatable bonds is 4. The van der Waals surface area contributed by atoms with Gasteiger partial charge in [0.2, 0.25) is 11.6 Å². The lowest BCUT2D eigenvalue weighted by Crippen LogP contribution is -2.44. The summed E-state index contributed by atoms with van der Waals surface area (Å²) in [4.78, 5) is 24.6. The third-order valence-electron chi connectivity index (χ3n) is 6.98. The molecule has 134 valence electrons. The van der Waals surface area contributed by atoms with Crippen LogP contribution in [0.3, 0.4) is 0 Å². The zero-order chi connectivity index (χ0) is 17.6. The summed E-state index contributed by atoms with van der Waals surface area (Å²) < 4.78 is 6.37. The number of benzene rings is 1. The van der Waals surface area contributed by atoms with Gasteiger partial charge in [-0.3, -0.25) is 9.59 Å². The maximum atomic E-state index is 12.3. The van der Waals surface area contributed by atoms with Crippen LogP contribution in [0.1, 0.15) is 63.9 Å². The molecular formula is C22H28O3. The Morgan fingerprint density at radius 1 is 1.00 bits per heavy atom. The van der Waals surface area contributed by atoms with Crippen LogP contribution in [0, 0.1) is 23.7 Å². The second-order valence-electron chi connectivity index (χ2n) is 8.23. The van der Waals surface area contributed by atoms with Crippen molar-refractivity contribution in [2.24, 2.45) is 23.7 Å². The molecule has 3 nitrogen and oxygen atoms in total. The van der Waals surface area contributed by atoms with Gasteiger partial charge in [-0.2, -0.15) is 0 Å². The van der Waals surface area contributed by atoms with E-state index in [9.17, 15) is 9.59 Å². The van der Waals surface area contributed by atoms with Crippen molar-refractivity contribution in [1.82, 2.24) is 0 Å². The van der Waals surface area contributed by atoms with E-state index in [0.717, 1.165) is 44.3 Å². The second-order valence-corrected chi connectivity index (χ2v) is 8.23. The fraction of sp³-hybridized carbons (Fsp3) is 0.636. The number of Topliss-reactive ketones (excluding diaryl/α,β-unsaturated/α-hetero) is 2. The maximum Gasteiger partial charge on any atom is 0.202 e. The van der Waals surface area contributed by atoms with Crippen molar-refractivity contribution in [3.63, 3.8) is 0 Å². The van der Waals surface area contributed by atoms with Crippen molar-refractivity contribution >= 4 is 11.6 Å². The number of hydrogen-bond donors (Lipinski definition) is 0. The SMILES string of the molecule is CCC(C)c1ccc(OC2CCC3C(=O)C(=O)C4CCCC2C43)cc1.